The van der Waals surface area contributed by atoms with Gasteiger partial charge >= 0.3 is 0 Å². The molecule has 0 radical (unpaired) electrons. The van der Waals surface area contributed by atoms with Crippen LogP contribution in [0.25, 0.3) is 0 Å². The van der Waals surface area contributed by atoms with Gasteiger partial charge in [0.1, 0.15) is 0 Å². The molecule has 0 aliphatic heterocycles. The molecule has 0 fully saturated rings. The number of benzene rings is 2. The molecule has 0 atom stereocenters. The number of rotatable bonds is 8. The van der Waals surface area contributed by atoms with Gasteiger partial charge in [-0.05, 0) is 47.7 Å². The van der Waals surface area contributed by atoms with Crippen molar-refractivity contribution < 1.29 is 19.1 Å². The Morgan fingerprint density at radius 2 is 1.65 bits per heavy atom. The minimum Gasteiger partial charge on any atom is -0.493 e. The van der Waals surface area contributed by atoms with Crippen molar-refractivity contribution in [3.63, 3.8) is 0 Å². The molecule has 0 aliphatic carbocycles. The molecule has 0 spiro atoms. The molecular weight excluding hydrogens is 412 g/mol. The van der Waals surface area contributed by atoms with E-state index in [1.54, 1.807) is 51.4 Å². The zero-order valence-electron chi connectivity index (χ0n) is 18.1. The van der Waals surface area contributed by atoms with Crippen molar-refractivity contribution in [3.8, 4) is 11.5 Å². The van der Waals surface area contributed by atoms with Gasteiger partial charge in [0.15, 0.2) is 11.5 Å². The van der Waals surface area contributed by atoms with Crippen LogP contribution in [0.3, 0.4) is 0 Å². The largest absolute Gasteiger partial charge is 0.493 e. The first-order valence-electron chi connectivity index (χ1n) is 9.83. The molecule has 2 amide bonds. The van der Waals surface area contributed by atoms with Gasteiger partial charge in [-0.15, -0.1) is 11.3 Å². The van der Waals surface area contributed by atoms with Crippen LogP contribution in [-0.2, 0) is 6.42 Å². The number of ether oxygens (including phenoxy) is 2. The van der Waals surface area contributed by atoms with E-state index in [9.17, 15) is 9.59 Å². The van der Waals surface area contributed by atoms with Crippen molar-refractivity contribution in [2.24, 2.45) is 0 Å². The normalized spacial score (nSPS) is 10.5. The maximum absolute atomic E-state index is 13.2. The van der Waals surface area contributed by atoms with E-state index in [-0.39, 0.29) is 11.8 Å². The molecule has 31 heavy (non-hydrogen) atoms. The molecule has 6 nitrogen and oxygen atoms in total. The van der Waals surface area contributed by atoms with Crippen molar-refractivity contribution in [1.82, 2.24) is 4.90 Å². The number of anilines is 1. The van der Waals surface area contributed by atoms with E-state index < -0.39 is 0 Å². The minimum absolute atomic E-state index is 0.136. The van der Waals surface area contributed by atoms with Gasteiger partial charge in [0.25, 0.3) is 11.8 Å². The number of likely N-dealkylation sites (N-methyl/N-ethyl adjacent to an activating group) is 1. The summed E-state index contributed by atoms with van der Waals surface area (Å²) >= 11 is 1.38. The summed E-state index contributed by atoms with van der Waals surface area (Å²) in [6.45, 7) is 0.519. The Morgan fingerprint density at radius 3 is 2.32 bits per heavy atom. The van der Waals surface area contributed by atoms with Gasteiger partial charge in [-0.25, -0.2) is 0 Å². The lowest BCUT2D eigenvalue weighted by Gasteiger charge is -2.23. The number of thiophene rings is 1. The predicted molar refractivity (Wildman–Crippen MR) is 124 cm³/mol. The van der Waals surface area contributed by atoms with Gasteiger partial charge in [-0.3, -0.25) is 9.59 Å². The maximum Gasteiger partial charge on any atom is 0.268 e. The first kappa shape index (κ1) is 22.4. The number of carbonyl (C=O) groups excluding carboxylic acids is 2. The number of amides is 2. The van der Waals surface area contributed by atoms with Crippen LogP contribution in [0.5, 0.6) is 11.5 Å². The fraction of sp³-hybridized carbons (Fsp3) is 0.250. The second-order valence-electron chi connectivity index (χ2n) is 7.02. The van der Waals surface area contributed by atoms with E-state index in [4.69, 9.17) is 9.47 Å². The van der Waals surface area contributed by atoms with Crippen LogP contribution in [0.1, 0.15) is 25.6 Å². The van der Waals surface area contributed by atoms with E-state index in [0.29, 0.717) is 40.6 Å². The summed E-state index contributed by atoms with van der Waals surface area (Å²) in [7, 11) is 6.66. The van der Waals surface area contributed by atoms with E-state index in [1.165, 1.54) is 16.2 Å². The van der Waals surface area contributed by atoms with Gasteiger partial charge < -0.3 is 19.3 Å². The lowest BCUT2D eigenvalue weighted by atomic mass is 10.1. The summed E-state index contributed by atoms with van der Waals surface area (Å²) in [4.78, 5) is 29.8. The summed E-state index contributed by atoms with van der Waals surface area (Å²) in [6.07, 6.45) is 0.661. The van der Waals surface area contributed by atoms with Gasteiger partial charge in [0.05, 0.1) is 30.3 Å². The van der Waals surface area contributed by atoms with Gasteiger partial charge in [-0.1, -0.05) is 24.3 Å². The molecule has 1 heterocycles. The Kier molecular flexibility index (Phi) is 7.31. The molecule has 2 aromatic carbocycles. The van der Waals surface area contributed by atoms with E-state index in [1.807, 2.05) is 41.8 Å². The van der Waals surface area contributed by atoms with Crippen molar-refractivity contribution in [2.75, 3.05) is 39.8 Å². The van der Waals surface area contributed by atoms with Gasteiger partial charge in [-0.2, -0.15) is 0 Å². The first-order chi connectivity index (χ1) is 15.0. The second kappa shape index (κ2) is 10.1. The SMILES string of the molecule is COc1ccc(CCN(C)C(=O)c2ccccc2N(C)C(=O)c2cccs2)cc1OC. The number of carbonyl (C=O) groups is 2. The van der Waals surface area contributed by atoms with Crippen molar-refractivity contribution in [2.45, 2.75) is 6.42 Å². The van der Waals surface area contributed by atoms with Crippen molar-refractivity contribution in [1.29, 1.82) is 0 Å². The quantitative estimate of drug-likeness (QED) is 0.524. The Balaban J connectivity index is 1.73. The average Bonchev–Trinajstić information content (AvgIpc) is 3.35. The molecule has 162 valence electrons. The van der Waals surface area contributed by atoms with Crippen LogP contribution in [0.15, 0.2) is 60.0 Å². The minimum atomic E-state index is -0.137. The predicted octanol–water partition coefficient (Wildman–Crippen LogP) is 4.36. The molecule has 0 saturated carbocycles. The van der Waals surface area contributed by atoms with Crippen molar-refractivity contribution in [3.05, 3.63) is 76.0 Å². The molecule has 3 rings (SSSR count). The number of nitrogens with zero attached hydrogens (tertiary/aromatic N) is 2. The van der Waals surface area contributed by atoms with Crippen molar-refractivity contribution >= 4 is 28.8 Å². The lowest BCUT2D eigenvalue weighted by Crippen LogP contribution is -2.32. The number of methoxy groups -OCH3 is 2. The molecule has 0 bridgehead atoms. The highest BCUT2D eigenvalue weighted by molar-refractivity contribution is 7.12. The monoisotopic (exact) mass is 438 g/mol. The van der Waals surface area contributed by atoms with Crippen LogP contribution in [0.4, 0.5) is 5.69 Å². The van der Waals surface area contributed by atoms with Crippen LogP contribution >= 0.6 is 11.3 Å². The fourth-order valence-corrected chi connectivity index (χ4v) is 3.96. The Morgan fingerprint density at radius 1 is 0.903 bits per heavy atom. The smallest absolute Gasteiger partial charge is 0.268 e. The van der Waals surface area contributed by atoms with Crippen LogP contribution < -0.4 is 14.4 Å². The highest BCUT2D eigenvalue weighted by Gasteiger charge is 2.22. The van der Waals surface area contributed by atoms with Crippen LogP contribution in [0.2, 0.25) is 0 Å². The van der Waals surface area contributed by atoms with E-state index >= 15 is 0 Å². The van der Waals surface area contributed by atoms with Gasteiger partial charge in [0, 0.05) is 20.6 Å². The molecule has 0 N–H and O–H groups in total. The molecular formula is C24H26N2O4S. The molecule has 0 saturated heterocycles. The number of hydrogen-bond donors (Lipinski definition) is 0. The first-order valence-corrected chi connectivity index (χ1v) is 10.7. The Hall–Kier alpha value is -3.32. The summed E-state index contributed by atoms with van der Waals surface area (Å²) in [6, 6.07) is 16.5. The standard InChI is InChI=1S/C24H26N2O4S/c1-25(14-13-17-11-12-20(29-3)21(16-17)30-4)23(27)18-8-5-6-9-19(18)26(2)24(28)22-10-7-15-31-22/h5-12,15-16H,13-14H2,1-4H3. The summed E-state index contributed by atoms with van der Waals surface area (Å²) in [5, 5.41) is 1.86. The van der Waals surface area contributed by atoms with E-state index in [0.717, 1.165) is 5.56 Å². The third-order valence-electron chi connectivity index (χ3n) is 5.06. The molecule has 0 unspecified atom stereocenters. The van der Waals surface area contributed by atoms with Crippen LogP contribution in [0, 0.1) is 0 Å². The molecule has 3 aromatic rings. The summed E-state index contributed by atoms with van der Waals surface area (Å²) < 4.78 is 10.6. The molecule has 0 aliphatic rings. The molecule has 1 aromatic heterocycles. The zero-order chi connectivity index (χ0) is 22.4. The highest BCUT2D eigenvalue weighted by atomic mass is 32.1. The Labute approximate surface area is 186 Å². The fourth-order valence-electron chi connectivity index (χ4n) is 3.26. The number of para-hydroxylation sites is 1. The third kappa shape index (κ3) is 5.06. The topological polar surface area (TPSA) is 59.1 Å². The Bertz CT molecular complexity index is 1050. The second-order valence-corrected chi connectivity index (χ2v) is 7.97. The highest BCUT2D eigenvalue weighted by Crippen LogP contribution is 2.28. The van der Waals surface area contributed by atoms with Gasteiger partial charge in [0.2, 0.25) is 0 Å². The molecule has 7 heteroatoms. The zero-order valence-corrected chi connectivity index (χ0v) is 18.9. The number of hydrogen-bond acceptors (Lipinski definition) is 5. The van der Waals surface area contributed by atoms with Crippen LogP contribution in [-0.4, -0.2) is 51.6 Å². The lowest BCUT2D eigenvalue weighted by molar-refractivity contribution is 0.0797. The van der Waals surface area contributed by atoms with E-state index in [2.05, 4.69) is 0 Å². The third-order valence-corrected chi connectivity index (χ3v) is 5.92. The average molecular weight is 439 g/mol. The maximum atomic E-state index is 13.2. The summed E-state index contributed by atoms with van der Waals surface area (Å²) in [5.74, 6) is 1.06. The summed E-state index contributed by atoms with van der Waals surface area (Å²) in [5.41, 5.74) is 2.11.